The summed E-state index contributed by atoms with van der Waals surface area (Å²) in [6.07, 6.45) is 5.00. The molecule has 0 spiro atoms. The normalized spacial score (nSPS) is 30.0. The topological polar surface area (TPSA) is 52.7 Å². The minimum absolute atomic E-state index is 0.0363. The van der Waals surface area contributed by atoms with Crippen LogP contribution in [-0.2, 0) is 0 Å². The number of nitrogens with zero attached hydrogens (tertiary/aromatic N) is 2. The highest BCUT2D eigenvalue weighted by Gasteiger charge is 2.28. The highest BCUT2D eigenvalue weighted by molar-refractivity contribution is 4.85. The van der Waals surface area contributed by atoms with Gasteiger partial charge in [0.15, 0.2) is 0 Å². The van der Waals surface area contributed by atoms with E-state index in [4.69, 9.17) is 10.8 Å². The molecule has 16 heavy (non-hydrogen) atoms. The molecule has 4 heteroatoms. The Morgan fingerprint density at radius 3 is 2.69 bits per heavy atom. The maximum absolute atomic E-state index is 8.88. The number of aliphatic hydroxyl groups is 1. The lowest BCUT2D eigenvalue weighted by Gasteiger charge is -2.24. The minimum atomic E-state index is -0.0363. The molecule has 2 atom stereocenters. The Morgan fingerprint density at radius 1 is 1.25 bits per heavy atom. The van der Waals surface area contributed by atoms with E-state index in [0.29, 0.717) is 0 Å². The molecular formula is C12H25N3O. The average molecular weight is 227 g/mol. The van der Waals surface area contributed by atoms with Gasteiger partial charge in [0, 0.05) is 18.6 Å². The molecule has 2 aliphatic rings. The second-order valence-corrected chi connectivity index (χ2v) is 5.22. The summed E-state index contributed by atoms with van der Waals surface area (Å²) in [7, 11) is 0. The Balaban J connectivity index is 1.67. The number of aliphatic hydroxyl groups excluding tert-OH is 1. The van der Waals surface area contributed by atoms with Crippen LogP contribution in [-0.4, -0.2) is 66.3 Å². The molecule has 2 rings (SSSR count). The van der Waals surface area contributed by atoms with E-state index in [0.717, 1.165) is 19.0 Å². The van der Waals surface area contributed by atoms with Crippen molar-refractivity contribution in [2.24, 2.45) is 5.73 Å². The van der Waals surface area contributed by atoms with Crippen molar-refractivity contribution in [1.29, 1.82) is 0 Å². The molecule has 2 unspecified atom stereocenters. The molecule has 2 saturated heterocycles. The summed E-state index contributed by atoms with van der Waals surface area (Å²) in [4.78, 5) is 5.14. The minimum Gasteiger partial charge on any atom is -0.395 e. The molecule has 2 heterocycles. The smallest absolute Gasteiger partial charge is 0.0583 e. The van der Waals surface area contributed by atoms with Crippen LogP contribution in [0.5, 0.6) is 0 Å². The third-order valence-corrected chi connectivity index (χ3v) is 3.96. The van der Waals surface area contributed by atoms with Gasteiger partial charge in [0.05, 0.1) is 6.61 Å². The molecule has 4 nitrogen and oxygen atoms in total. The van der Waals surface area contributed by atoms with Gasteiger partial charge in [-0.2, -0.15) is 0 Å². The quantitative estimate of drug-likeness (QED) is 0.687. The maximum atomic E-state index is 8.88. The number of hydrogen-bond donors (Lipinski definition) is 2. The first-order valence-corrected chi connectivity index (χ1v) is 6.62. The zero-order valence-corrected chi connectivity index (χ0v) is 10.1. The lowest BCUT2D eigenvalue weighted by molar-refractivity contribution is 0.217. The van der Waals surface area contributed by atoms with Crippen LogP contribution < -0.4 is 5.73 Å². The maximum Gasteiger partial charge on any atom is 0.0583 e. The average Bonchev–Trinajstić information content (AvgIpc) is 2.95. The van der Waals surface area contributed by atoms with Crippen molar-refractivity contribution in [3.63, 3.8) is 0 Å². The molecule has 2 fully saturated rings. The van der Waals surface area contributed by atoms with Gasteiger partial charge in [0.25, 0.3) is 0 Å². The van der Waals surface area contributed by atoms with E-state index in [2.05, 4.69) is 9.80 Å². The van der Waals surface area contributed by atoms with Gasteiger partial charge in [0.1, 0.15) is 0 Å². The molecule has 0 radical (unpaired) electrons. The molecule has 0 aliphatic carbocycles. The predicted molar refractivity (Wildman–Crippen MR) is 65.3 cm³/mol. The van der Waals surface area contributed by atoms with E-state index in [1.807, 2.05) is 0 Å². The summed E-state index contributed by atoms with van der Waals surface area (Å²) in [5.41, 5.74) is 5.72. The van der Waals surface area contributed by atoms with E-state index in [-0.39, 0.29) is 12.6 Å². The van der Waals surface area contributed by atoms with Crippen molar-refractivity contribution in [3.05, 3.63) is 0 Å². The Hall–Kier alpha value is -0.160. The van der Waals surface area contributed by atoms with E-state index in [9.17, 15) is 0 Å². The van der Waals surface area contributed by atoms with Gasteiger partial charge >= 0.3 is 0 Å². The highest BCUT2D eigenvalue weighted by Crippen LogP contribution is 2.20. The highest BCUT2D eigenvalue weighted by atomic mass is 16.3. The largest absolute Gasteiger partial charge is 0.395 e. The van der Waals surface area contributed by atoms with E-state index < -0.39 is 0 Å². The van der Waals surface area contributed by atoms with Crippen LogP contribution in [0.1, 0.15) is 25.7 Å². The molecular weight excluding hydrogens is 202 g/mol. The number of hydrogen-bond acceptors (Lipinski definition) is 4. The summed E-state index contributed by atoms with van der Waals surface area (Å²) < 4.78 is 0. The zero-order valence-electron chi connectivity index (χ0n) is 10.1. The van der Waals surface area contributed by atoms with Gasteiger partial charge in [-0.3, -0.25) is 4.90 Å². The van der Waals surface area contributed by atoms with E-state index in [1.165, 1.54) is 45.4 Å². The molecule has 0 amide bonds. The number of rotatable bonds is 5. The van der Waals surface area contributed by atoms with E-state index >= 15 is 0 Å². The molecule has 0 aromatic rings. The van der Waals surface area contributed by atoms with Crippen molar-refractivity contribution < 1.29 is 5.11 Å². The third-order valence-electron chi connectivity index (χ3n) is 3.96. The van der Waals surface area contributed by atoms with Crippen LogP contribution in [0.15, 0.2) is 0 Å². The molecule has 0 saturated carbocycles. The van der Waals surface area contributed by atoms with Crippen LogP contribution in [0.2, 0.25) is 0 Å². The Morgan fingerprint density at radius 2 is 2.00 bits per heavy atom. The Labute approximate surface area is 98.4 Å². The zero-order chi connectivity index (χ0) is 11.4. The predicted octanol–water partition coefficient (Wildman–Crippen LogP) is -0.134. The Bertz CT molecular complexity index is 206. The van der Waals surface area contributed by atoms with Gasteiger partial charge < -0.3 is 15.7 Å². The molecule has 2 aliphatic heterocycles. The van der Waals surface area contributed by atoms with Gasteiger partial charge in [-0.25, -0.2) is 0 Å². The fraction of sp³-hybridized carbons (Fsp3) is 1.00. The standard InChI is InChI=1S/C12H25N3O/c13-11(10-16)3-7-14-8-4-12(9-14)15-5-1-2-6-15/h11-12,16H,1-10,13H2. The SMILES string of the molecule is NC(CO)CCN1CCC(N2CCCC2)C1. The van der Waals surface area contributed by atoms with Crippen LogP contribution in [0.3, 0.4) is 0 Å². The number of likely N-dealkylation sites (tertiary alicyclic amines) is 2. The van der Waals surface area contributed by atoms with Crippen molar-refractivity contribution >= 4 is 0 Å². The first kappa shape index (κ1) is 12.3. The van der Waals surface area contributed by atoms with Crippen LogP contribution in [0.25, 0.3) is 0 Å². The fourth-order valence-corrected chi connectivity index (χ4v) is 2.86. The fourth-order valence-electron chi connectivity index (χ4n) is 2.86. The number of nitrogens with two attached hydrogens (primary N) is 1. The summed E-state index contributed by atoms with van der Waals surface area (Å²) in [5, 5.41) is 8.88. The van der Waals surface area contributed by atoms with E-state index in [1.54, 1.807) is 0 Å². The van der Waals surface area contributed by atoms with Crippen molar-refractivity contribution in [3.8, 4) is 0 Å². The molecule has 0 aromatic carbocycles. The van der Waals surface area contributed by atoms with Crippen molar-refractivity contribution in [2.45, 2.75) is 37.8 Å². The Kier molecular flexibility index (Phi) is 4.58. The van der Waals surface area contributed by atoms with Gasteiger partial charge in [-0.05, 0) is 51.9 Å². The molecule has 3 N–H and O–H groups in total. The molecule has 94 valence electrons. The lowest BCUT2D eigenvalue weighted by Crippen LogP contribution is -2.36. The summed E-state index contributed by atoms with van der Waals surface area (Å²) in [5.74, 6) is 0. The lowest BCUT2D eigenvalue weighted by atomic mass is 10.2. The van der Waals surface area contributed by atoms with Crippen LogP contribution in [0, 0.1) is 0 Å². The summed E-state index contributed by atoms with van der Waals surface area (Å²) >= 11 is 0. The summed E-state index contributed by atoms with van der Waals surface area (Å²) in [6.45, 7) is 6.18. The van der Waals surface area contributed by atoms with Crippen molar-refractivity contribution in [2.75, 3.05) is 39.3 Å². The first-order chi connectivity index (χ1) is 7.79. The summed E-state index contributed by atoms with van der Waals surface area (Å²) in [6, 6.07) is 0.749. The van der Waals surface area contributed by atoms with Gasteiger partial charge in [0.2, 0.25) is 0 Å². The van der Waals surface area contributed by atoms with Gasteiger partial charge in [-0.1, -0.05) is 0 Å². The van der Waals surface area contributed by atoms with Gasteiger partial charge in [-0.15, -0.1) is 0 Å². The first-order valence-electron chi connectivity index (χ1n) is 6.62. The molecule has 0 aromatic heterocycles. The third kappa shape index (κ3) is 3.17. The second kappa shape index (κ2) is 5.96. The monoisotopic (exact) mass is 227 g/mol. The second-order valence-electron chi connectivity index (χ2n) is 5.22. The van der Waals surface area contributed by atoms with Crippen molar-refractivity contribution in [1.82, 2.24) is 9.80 Å². The van der Waals surface area contributed by atoms with Crippen LogP contribution in [0.4, 0.5) is 0 Å². The van der Waals surface area contributed by atoms with Crippen LogP contribution >= 0.6 is 0 Å². The molecule has 0 bridgehead atoms.